The zero-order valence-corrected chi connectivity index (χ0v) is 18.3. The Hall–Kier alpha value is -3.62. The average molecular weight is 492 g/mol. The van der Waals surface area contributed by atoms with Crippen LogP contribution in [0.15, 0.2) is 36.7 Å². The Bertz CT molecular complexity index is 1320. The standard InChI is InChI=1S/C23H18F6N6/c1-12-3-2-4-14(7-12)34-11-31-33-21(34)19-13-5-6-15(8-13)35(19)20-16(10-30)17(22(24,25)26)9-18(32-20)23(27,28)29/h2-4,7,9,11,13,15,19H,5-6,8H2,1H3/t13-,15+,19-/m0/s1. The fraction of sp³-hybridized carbons (Fsp3) is 0.391. The van der Waals surface area contributed by atoms with Crippen LogP contribution in [0.4, 0.5) is 32.2 Å². The van der Waals surface area contributed by atoms with Gasteiger partial charge < -0.3 is 4.90 Å². The van der Waals surface area contributed by atoms with Crippen LogP contribution in [0.5, 0.6) is 0 Å². The molecule has 12 heteroatoms. The van der Waals surface area contributed by atoms with Crippen molar-refractivity contribution in [1.82, 2.24) is 19.7 Å². The molecule has 1 saturated carbocycles. The molecular formula is C23H18F6N6. The van der Waals surface area contributed by atoms with Gasteiger partial charge in [-0.2, -0.15) is 31.6 Å². The van der Waals surface area contributed by atoms with Gasteiger partial charge in [-0.25, -0.2) is 4.98 Å². The van der Waals surface area contributed by atoms with Crippen LogP contribution in [0.1, 0.15) is 53.5 Å². The zero-order valence-electron chi connectivity index (χ0n) is 18.3. The first-order chi connectivity index (χ1) is 16.5. The van der Waals surface area contributed by atoms with Crippen LogP contribution >= 0.6 is 0 Å². The largest absolute Gasteiger partial charge is 0.433 e. The minimum absolute atomic E-state index is 0.0926. The first kappa shape index (κ1) is 23.1. The number of piperidine rings is 1. The first-order valence-corrected chi connectivity index (χ1v) is 10.8. The fourth-order valence-electron chi connectivity index (χ4n) is 5.25. The number of anilines is 1. The van der Waals surface area contributed by atoms with Gasteiger partial charge in [-0.05, 0) is 55.9 Å². The van der Waals surface area contributed by atoms with Crippen LogP contribution in [-0.4, -0.2) is 25.8 Å². The molecule has 0 N–H and O–H groups in total. The van der Waals surface area contributed by atoms with Crippen molar-refractivity contribution >= 4 is 5.82 Å². The van der Waals surface area contributed by atoms with Crippen LogP contribution in [0.3, 0.4) is 0 Å². The van der Waals surface area contributed by atoms with Gasteiger partial charge in [0.1, 0.15) is 29.5 Å². The van der Waals surface area contributed by atoms with Crippen LogP contribution in [0, 0.1) is 24.2 Å². The van der Waals surface area contributed by atoms with E-state index in [2.05, 4.69) is 15.2 Å². The molecule has 2 bridgehead atoms. The van der Waals surface area contributed by atoms with E-state index in [4.69, 9.17) is 0 Å². The minimum atomic E-state index is -5.17. The van der Waals surface area contributed by atoms with E-state index in [9.17, 15) is 31.6 Å². The van der Waals surface area contributed by atoms with E-state index in [1.165, 1.54) is 17.3 Å². The molecule has 3 heterocycles. The summed E-state index contributed by atoms with van der Waals surface area (Å²) >= 11 is 0. The topological polar surface area (TPSA) is 70.6 Å². The lowest BCUT2D eigenvalue weighted by molar-refractivity contribution is -0.145. The molecule has 3 atom stereocenters. The SMILES string of the molecule is Cc1cccc(-n2cnnc2[C@@H]2[C@H]3CC[C@H](C3)N2c2nc(C(F)(F)F)cc(C(F)(F)F)c2C#N)c1. The van der Waals surface area contributed by atoms with Crippen molar-refractivity contribution in [1.29, 1.82) is 5.26 Å². The number of halogens is 6. The molecule has 1 aliphatic carbocycles. The molecule has 35 heavy (non-hydrogen) atoms. The van der Waals surface area contributed by atoms with Crippen molar-refractivity contribution in [2.75, 3.05) is 4.90 Å². The quantitative estimate of drug-likeness (QED) is 0.445. The van der Waals surface area contributed by atoms with Crippen molar-refractivity contribution in [3.8, 4) is 11.8 Å². The van der Waals surface area contributed by atoms with Gasteiger partial charge in [-0.3, -0.25) is 4.57 Å². The zero-order chi connectivity index (χ0) is 25.1. The summed E-state index contributed by atoms with van der Waals surface area (Å²) in [5, 5.41) is 17.8. The number of benzene rings is 1. The van der Waals surface area contributed by atoms with Crippen molar-refractivity contribution < 1.29 is 26.3 Å². The molecule has 0 spiro atoms. The van der Waals surface area contributed by atoms with Gasteiger partial charge in [0.25, 0.3) is 0 Å². The van der Waals surface area contributed by atoms with Crippen LogP contribution in [-0.2, 0) is 12.4 Å². The molecule has 2 aromatic heterocycles. The lowest BCUT2D eigenvalue weighted by atomic mass is 9.96. The highest BCUT2D eigenvalue weighted by Crippen LogP contribution is 2.53. The van der Waals surface area contributed by atoms with E-state index >= 15 is 0 Å². The molecule has 0 unspecified atom stereocenters. The molecule has 6 nitrogen and oxygen atoms in total. The Labute approximate surface area is 195 Å². The van der Waals surface area contributed by atoms with E-state index in [-0.39, 0.29) is 18.0 Å². The average Bonchev–Trinajstić information content (AvgIpc) is 3.52. The molecule has 2 aliphatic rings. The molecule has 1 saturated heterocycles. The summed E-state index contributed by atoms with van der Waals surface area (Å²) in [6.45, 7) is 1.89. The number of hydrogen-bond donors (Lipinski definition) is 0. The second kappa shape index (κ2) is 7.96. The number of aryl methyl sites for hydroxylation is 1. The Balaban J connectivity index is 1.71. The molecule has 0 radical (unpaired) electrons. The van der Waals surface area contributed by atoms with Gasteiger partial charge in [-0.1, -0.05) is 12.1 Å². The number of aromatic nitrogens is 4. The normalized spacial score (nSPS) is 22.0. The number of nitrogens with zero attached hydrogens (tertiary/aromatic N) is 6. The van der Waals surface area contributed by atoms with Crippen LogP contribution in [0.2, 0.25) is 0 Å². The van der Waals surface area contributed by atoms with Gasteiger partial charge in [-0.15, -0.1) is 10.2 Å². The number of pyridine rings is 1. The maximum Gasteiger partial charge on any atom is 0.433 e. The van der Waals surface area contributed by atoms with Gasteiger partial charge in [0.15, 0.2) is 5.82 Å². The lowest BCUT2D eigenvalue weighted by Gasteiger charge is -2.36. The van der Waals surface area contributed by atoms with E-state index in [1.54, 1.807) is 4.57 Å². The van der Waals surface area contributed by atoms with Crippen LogP contribution in [0.25, 0.3) is 5.69 Å². The highest BCUT2D eigenvalue weighted by atomic mass is 19.4. The summed E-state index contributed by atoms with van der Waals surface area (Å²) < 4.78 is 83.7. The number of fused-ring (bicyclic) bond motifs is 2. The van der Waals surface area contributed by atoms with Crippen molar-refractivity contribution in [2.45, 2.75) is 50.6 Å². The molecule has 5 rings (SSSR count). The Morgan fingerprint density at radius 3 is 2.49 bits per heavy atom. The number of nitriles is 1. The fourth-order valence-corrected chi connectivity index (χ4v) is 5.25. The Morgan fingerprint density at radius 2 is 1.83 bits per heavy atom. The van der Waals surface area contributed by atoms with Gasteiger partial charge in [0.2, 0.25) is 0 Å². The summed E-state index contributed by atoms with van der Waals surface area (Å²) in [5.74, 6) is -0.338. The number of alkyl halides is 6. The highest BCUT2D eigenvalue weighted by Gasteiger charge is 2.51. The summed E-state index contributed by atoms with van der Waals surface area (Å²) in [4.78, 5) is 5.01. The van der Waals surface area contributed by atoms with Crippen molar-refractivity contribution in [2.24, 2.45) is 5.92 Å². The maximum absolute atomic E-state index is 13.8. The highest BCUT2D eigenvalue weighted by molar-refractivity contribution is 5.62. The van der Waals surface area contributed by atoms with Crippen LogP contribution < -0.4 is 4.90 Å². The van der Waals surface area contributed by atoms with E-state index in [0.717, 1.165) is 12.0 Å². The monoisotopic (exact) mass is 492 g/mol. The third-order valence-corrected chi connectivity index (χ3v) is 6.66. The maximum atomic E-state index is 13.8. The molecular weight excluding hydrogens is 474 g/mol. The summed E-state index contributed by atoms with van der Waals surface area (Å²) in [6, 6.07) is 7.70. The second-order valence-electron chi connectivity index (χ2n) is 8.84. The van der Waals surface area contributed by atoms with Gasteiger partial charge in [0.05, 0.1) is 11.6 Å². The number of hydrogen-bond acceptors (Lipinski definition) is 5. The molecule has 1 aromatic carbocycles. The van der Waals surface area contributed by atoms with E-state index in [0.29, 0.717) is 24.4 Å². The predicted octanol–water partition coefficient (Wildman–Crippen LogP) is 5.61. The molecule has 3 aromatic rings. The third-order valence-electron chi connectivity index (χ3n) is 6.66. The Kier molecular flexibility index (Phi) is 5.27. The smallest absolute Gasteiger partial charge is 0.342 e. The molecule has 2 fully saturated rings. The van der Waals surface area contributed by atoms with E-state index < -0.39 is 41.0 Å². The predicted molar refractivity (Wildman–Crippen MR) is 111 cm³/mol. The third kappa shape index (κ3) is 3.88. The summed E-state index contributed by atoms with van der Waals surface area (Å²) in [6.07, 6.45) is -7.02. The second-order valence-corrected chi connectivity index (χ2v) is 8.84. The van der Waals surface area contributed by atoms with Gasteiger partial charge in [0, 0.05) is 11.7 Å². The molecule has 182 valence electrons. The Morgan fingerprint density at radius 1 is 1.06 bits per heavy atom. The van der Waals surface area contributed by atoms with Crippen molar-refractivity contribution in [3.63, 3.8) is 0 Å². The molecule has 0 amide bonds. The minimum Gasteiger partial charge on any atom is -0.342 e. The van der Waals surface area contributed by atoms with Crippen molar-refractivity contribution in [3.05, 3.63) is 64.9 Å². The summed E-state index contributed by atoms with van der Waals surface area (Å²) in [5.41, 5.74) is -2.61. The van der Waals surface area contributed by atoms with E-state index in [1.807, 2.05) is 31.2 Å². The van der Waals surface area contributed by atoms with Gasteiger partial charge >= 0.3 is 12.4 Å². The molecule has 1 aliphatic heterocycles. The lowest BCUT2D eigenvalue weighted by Crippen LogP contribution is -2.38. The number of rotatable bonds is 3. The summed E-state index contributed by atoms with van der Waals surface area (Å²) in [7, 11) is 0. The first-order valence-electron chi connectivity index (χ1n) is 10.8.